The Kier molecular flexibility index (Phi) is 6.27. The van der Waals surface area contributed by atoms with Crippen molar-refractivity contribution in [3.05, 3.63) is 35.4 Å². The first-order chi connectivity index (χ1) is 10.6. The van der Waals surface area contributed by atoms with E-state index in [0.717, 1.165) is 19.4 Å². The quantitative estimate of drug-likeness (QED) is 0.833. The topological polar surface area (TPSA) is 52.6 Å². The molecule has 6 heteroatoms. The van der Waals surface area contributed by atoms with Crippen molar-refractivity contribution in [1.29, 1.82) is 0 Å². The van der Waals surface area contributed by atoms with E-state index in [1.807, 2.05) is 4.90 Å². The van der Waals surface area contributed by atoms with Crippen LogP contribution in [0.1, 0.15) is 18.4 Å². The molecular formula is C16H22F2N2O2. The lowest BCUT2D eigenvalue weighted by Gasteiger charge is -2.31. The van der Waals surface area contributed by atoms with Crippen LogP contribution in [0, 0.1) is 17.6 Å². The molecule has 0 spiro atoms. The maximum absolute atomic E-state index is 13.4. The van der Waals surface area contributed by atoms with Gasteiger partial charge in [0.1, 0.15) is 11.6 Å². The summed E-state index contributed by atoms with van der Waals surface area (Å²) in [7, 11) is 0. The third-order valence-corrected chi connectivity index (χ3v) is 3.99. The molecule has 0 aromatic heterocycles. The second kappa shape index (κ2) is 8.19. The zero-order valence-electron chi connectivity index (χ0n) is 12.5. The smallest absolute Gasteiger partial charge is 0.234 e. The zero-order chi connectivity index (χ0) is 15.9. The number of nitrogens with one attached hydrogen (secondary N) is 1. The van der Waals surface area contributed by atoms with Crippen LogP contribution in [0.5, 0.6) is 0 Å². The summed E-state index contributed by atoms with van der Waals surface area (Å²) in [4.78, 5) is 13.9. The van der Waals surface area contributed by atoms with Crippen LogP contribution in [0.4, 0.5) is 8.78 Å². The van der Waals surface area contributed by atoms with E-state index in [1.165, 1.54) is 18.2 Å². The third-order valence-electron chi connectivity index (χ3n) is 3.99. The van der Waals surface area contributed by atoms with Crippen LogP contribution in [0.3, 0.4) is 0 Å². The molecule has 1 atom stereocenters. The summed E-state index contributed by atoms with van der Waals surface area (Å²) in [6.07, 6.45) is 2.09. The number of carbonyl (C=O) groups is 1. The largest absolute Gasteiger partial charge is 0.396 e. The first kappa shape index (κ1) is 16.8. The first-order valence-corrected chi connectivity index (χ1v) is 7.63. The minimum atomic E-state index is -0.587. The molecule has 0 unspecified atom stereocenters. The second-order valence-electron chi connectivity index (χ2n) is 5.73. The maximum Gasteiger partial charge on any atom is 0.234 e. The van der Waals surface area contributed by atoms with Crippen molar-refractivity contribution >= 4 is 5.91 Å². The molecule has 22 heavy (non-hydrogen) atoms. The van der Waals surface area contributed by atoms with Gasteiger partial charge in [0, 0.05) is 25.3 Å². The Bertz CT molecular complexity index is 491. The number of benzene rings is 1. The van der Waals surface area contributed by atoms with Crippen LogP contribution >= 0.6 is 0 Å². The molecular weight excluding hydrogens is 290 g/mol. The molecule has 0 saturated carbocycles. The minimum Gasteiger partial charge on any atom is -0.396 e. The highest BCUT2D eigenvalue weighted by atomic mass is 19.1. The number of halogens is 2. The monoisotopic (exact) mass is 312 g/mol. The van der Waals surface area contributed by atoms with Gasteiger partial charge in [-0.3, -0.25) is 9.69 Å². The average Bonchev–Trinajstić information content (AvgIpc) is 2.50. The van der Waals surface area contributed by atoms with Crippen LogP contribution in [-0.2, 0) is 11.2 Å². The van der Waals surface area contributed by atoms with Crippen LogP contribution in [0.15, 0.2) is 18.2 Å². The predicted octanol–water partition coefficient (Wildman–Crippen LogP) is 1.33. The first-order valence-electron chi connectivity index (χ1n) is 7.63. The van der Waals surface area contributed by atoms with Crippen molar-refractivity contribution in [2.45, 2.75) is 19.3 Å². The molecule has 0 radical (unpaired) electrons. The standard InChI is InChI=1S/C16H22F2N2O2/c17-14-4-1-5-15(18)13(14)6-7-19-16(22)10-20-8-2-3-12(9-20)11-21/h1,4-5,12,21H,2-3,6-11H2,(H,19,22)/t12-/m0/s1. The van der Waals surface area contributed by atoms with Gasteiger partial charge in [-0.25, -0.2) is 8.78 Å². The molecule has 1 saturated heterocycles. The fourth-order valence-corrected chi connectivity index (χ4v) is 2.80. The number of aliphatic hydroxyl groups is 1. The molecule has 1 aromatic rings. The molecule has 122 valence electrons. The summed E-state index contributed by atoms with van der Waals surface area (Å²) < 4.78 is 26.9. The molecule has 0 bridgehead atoms. The number of nitrogens with zero attached hydrogens (tertiary/aromatic N) is 1. The van der Waals surface area contributed by atoms with Gasteiger partial charge in [0.05, 0.1) is 6.54 Å². The van der Waals surface area contributed by atoms with Gasteiger partial charge >= 0.3 is 0 Å². The van der Waals surface area contributed by atoms with Crippen molar-refractivity contribution in [2.75, 3.05) is 32.8 Å². The van der Waals surface area contributed by atoms with Crippen LogP contribution in [-0.4, -0.2) is 48.7 Å². The van der Waals surface area contributed by atoms with E-state index in [9.17, 15) is 13.6 Å². The fraction of sp³-hybridized carbons (Fsp3) is 0.562. The number of amides is 1. The van der Waals surface area contributed by atoms with E-state index >= 15 is 0 Å². The predicted molar refractivity (Wildman–Crippen MR) is 79.3 cm³/mol. The molecule has 4 nitrogen and oxygen atoms in total. The van der Waals surface area contributed by atoms with E-state index < -0.39 is 11.6 Å². The number of carbonyl (C=O) groups excluding carboxylic acids is 1. The normalized spacial score (nSPS) is 19.1. The Morgan fingerprint density at radius 2 is 2.09 bits per heavy atom. The lowest BCUT2D eigenvalue weighted by atomic mass is 9.99. The number of piperidine rings is 1. The summed E-state index contributed by atoms with van der Waals surface area (Å²) in [6, 6.07) is 3.74. The highest BCUT2D eigenvalue weighted by molar-refractivity contribution is 5.78. The van der Waals surface area contributed by atoms with Gasteiger partial charge in [-0.05, 0) is 43.9 Å². The van der Waals surface area contributed by atoms with E-state index in [2.05, 4.69) is 5.32 Å². The third kappa shape index (κ3) is 4.74. The highest BCUT2D eigenvalue weighted by Crippen LogP contribution is 2.15. The summed E-state index contributed by atoms with van der Waals surface area (Å²) >= 11 is 0. The second-order valence-corrected chi connectivity index (χ2v) is 5.73. The highest BCUT2D eigenvalue weighted by Gasteiger charge is 2.20. The van der Waals surface area contributed by atoms with Crippen molar-refractivity contribution in [3.63, 3.8) is 0 Å². The van der Waals surface area contributed by atoms with E-state index in [1.54, 1.807) is 0 Å². The molecule has 1 heterocycles. The molecule has 1 aromatic carbocycles. The summed E-state index contributed by atoms with van der Waals surface area (Å²) in [5.41, 5.74) is 0.00103. The minimum absolute atomic E-state index is 0.00103. The maximum atomic E-state index is 13.4. The zero-order valence-corrected chi connectivity index (χ0v) is 12.5. The van der Waals surface area contributed by atoms with Gasteiger partial charge in [0.2, 0.25) is 5.91 Å². The SMILES string of the molecule is O=C(CN1CCC[C@H](CO)C1)NCCc1c(F)cccc1F. The van der Waals surface area contributed by atoms with Crippen molar-refractivity contribution < 1.29 is 18.7 Å². The number of aliphatic hydroxyl groups excluding tert-OH is 1. The number of rotatable bonds is 6. The van der Waals surface area contributed by atoms with E-state index in [-0.39, 0.29) is 43.5 Å². The van der Waals surface area contributed by atoms with Crippen molar-refractivity contribution in [3.8, 4) is 0 Å². The van der Waals surface area contributed by atoms with Gasteiger partial charge in [-0.15, -0.1) is 0 Å². The Hall–Kier alpha value is -1.53. The molecule has 2 N–H and O–H groups in total. The van der Waals surface area contributed by atoms with Crippen LogP contribution in [0.2, 0.25) is 0 Å². The van der Waals surface area contributed by atoms with Crippen LogP contribution in [0.25, 0.3) is 0 Å². The van der Waals surface area contributed by atoms with Crippen molar-refractivity contribution in [1.82, 2.24) is 10.2 Å². The molecule has 1 aliphatic rings. The molecule has 1 fully saturated rings. The number of hydrogen-bond acceptors (Lipinski definition) is 3. The van der Waals surface area contributed by atoms with Gasteiger partial charge in [0.15, 0.2) is 0 Å². The van der Waals surface area contributed by atoms with Crippen LogP contribution < -0.4 is 5.32 Å². The van der Waals surface area contributed by atoms with Gasteiger partial charge in [-0.1, -0.05) is 6.07 Å². The number of hydrogen-bond donors (Lipinski definition) is 2. The number of likely N-dealkylation sites (tertiary alicyclic amines) is 1. The molecule has 2 rings (SSSR count). The lowest BCUT2D eigenvalue weighted by molar-refractivity contribution is -0.122. The molecule has 0 aliphatic carbocycles. The Labute approximate surface area is 129 Å². The van der Waals surface area contributed by atoms with Gasteiger partial charge < -0.3 is 10.4 Å². The Morgan fingerprint density at radius 3 is 2.77 bits per heavy atom. The molecule has 1 aliphatic heterocycles. The summed E-state index contributed by atoms with van der Waals surface area (Å²) in [5.74, 6) is -1.10. The Morgan fingerprint density at radius 1 is 1.36 bits per heavy atom. The Balaban J connectivity index is 1.74. The molecule has 1 amide bonds. The van der Waals surface area contributed by atoms with E-state index in [0.29, 0.717) is 6.54 Å². The van der Waals surface area contributed by atoms with E-state index in [4.69, 9.17) is 5.11 Å². The lowest BCUT2D eigenvalue weighted by Crippen LogP contribution is -2.43. The average molecular weight is 312 g/mol. The van der Waals surface area contributed by atoms with Gasteiger partial charge in [-0.2, -0.15) is 0 Å². The summed E-state index contributed by atoms with van der Waals surface area (Å²) in [6.45, 7) is 2.16. The fourth-order valence-electron chi connectivity index (χ4n) is 2.80. The van der Waals surface area contributed by atoms with Gasteiger partial charge in [0.25, 0.3) is 0 Å². The summed E-state index contributed by atoms with van der Waals surface area (Å²) in [5, 5.41) is 11.9. The van der Waals surface area contributed by atoms with Crippen molar-refractivity contribution in [2.24, 2.45) is 5.92 Å².